The molecule has 1 aliphatic heterocycles. The molecule has 0 saturated carbocycles. The van der Waals surface area contributed by atoms with Gasteiger partial charge in [-0.25, -0.2) is 4.39 Å². The largest absolute Gasteiger partial charge is 0.493 e. The fraction of sp³-hybridized carbons (Fsp3) is 0.294. The van der Waals surface area contributed by atoms with Crippen LogP contribution >= 0.6 is 15.9 Å². The Balaban J connectivity index is 1.82. The number of ether oxygens (including phenoxy) is 1. The highest BCUT2D eigenvalue weighted by Gasteiger charge is 2.25. The van der Waals surface area contributed by atoms with Gasteiger partial charge in [0.25, 0.3) is 0 Å². The molecule has 110 valence electrons. The van der Waals surface area contributed by atoms with Crippen molar-refractivity contribution in [2.75, 3.05) is 6.61 Å². The first kappa shape index (κ1) is 14.5. The quantitative estimate of drug-likeness (QED) is 0.877. The van der Waals surface area contributed by atoms with Crippen molar-refractivity contribution in [2.45, 2.75) is 24.9 Å². The zero-order chi connectivity index (χ0) is 14.8. The average molecular weight is 351 g/mol. The number of aliphatic hydroxyl groups excluding tert-OH is 1. The molecule has 2 aromatic rings. The fourth-order valence-electron chi connectivity index (χ4n) is 2.83. The second-order valence-corrected chi connectivity index (χ2v) is 6.14. The lowest BCUT2D eigenvalue weighted by Crippen LogP contribution is -2.16. The lowest BCUT2D eigenvalue weighted by molar-refractivity contribution is 0.144. The van der Waals surface area contributed by atoms with Crippen molar-refractivity contribution in [1.82, 2.24) is 0 Å². The minimum absolute atomic E-state index is 0.222. The zero-order valence-corrected chi connectivity index (χ0v) is 13.0. The standard InChI is InChI=1S/C17H16BrFO2/c18-15-6-5-12(19)10-14(15)16(20)9-11-7-8-21-17-4-2-1-3-13(11)17/h1-6,10-11,16,20H,7-9H2. The van der Waals surface area contributed by atoms with Gasteiger partial charge in [-0.2, -0.15) is 0 Å². The Bertz CT molecular complexity index is 644. The van der Waals surface area contributed by atoms with Crippen molar-refractivity contribution >= 4 is 15.9 Å². The highest BCUT2D eigenvalue weighted by molar-refractivity contribution is 9.10. The van der Waals surface area contributed by atoms with E-state index in [4.69, 9.17) is 4.74 Å². The van der Waals surface area contributed by atoms with Crippen LogP contribution in [0.1, 0.15) is 36.0 Å². The van der Waals surface area contributed by atoms with Gasteiger partial charge in [0.05, 0.1) is 12.7 Å². The van der Waals surface area contributed by atoms with Crippen molar-refractivity contribution in [2.24, 2.45) is 0 Å². The number of halogens is 2. The lowest BCUT2D eigenvalue weighted by atomic mass is 9.86. The number of hydrogen-bond donors (Lipinski definition) is 1. The highest BCUT2D eigenvalue weighted by atomic mass is 79.9. The Morgan fingerprint density at radius 2 is 2.10 bits per heavy atom. The van der Waals surface area contributed by atoms with Gasteiger partial charge in [0.1, 0.15) is 11.6 Å². The van der Waals surface area contributed by atoms with E-state index in [0.29, 0.717) is 18.6 Å². The van der Waals surface area contributed by atoms with Crippen LogP contribution in [0.15, 0.2) is 46.9 Å². The molecule has 0 radical (unpaired) electrons. The van der Waals surface area contributed by atoms with Crippen LogP contribution in [0.25, 0.3) is 0 Å². The van der Waals surface area contributed by atoms with E-state index < -0.39 is 6.10 Å². The molecule has 2 aromatic carbocycles. The summed E-state index contributed by atoms with van der Waals surface area (Å²) in [6, 6.07) is 12.3. The Morgan fingerprint density at radius 3 is 2.95 bits per heavy atom. The third-order valence-corrected chi connectivity index (χ3v) is 4.63. The summed E-state index contributed by atoms with van der Waals surface area (Å²) in [6.45, 7) is 0.652. The first-order chi connectivity index (χ1) is 10.1. The lowest BCUT2D eigenvalue weighted by Gasteiger charge is -2.27. The molecule has 0 amide bonds. The van der Waals surface area contributed by atoms with Crippen LogP contribution in [-0.2, 0) is 0 Å². The normalized spacial score (nSPS) is 18.7. The van der Waals surface area contributed by atoms with Gasteiger partial charge >= 0.3 is 0 Å². The Kier molecular flexibility index (Phi) is 4.27. The Hall–Kier alpha value is -1.39. The molecule has 0 fully saturated rings. The molecular formula is C17H16BrFO2. The van der Waals surface area contributed by atoms with Gasteiger partial charge in [-0.3, -0.25) is 0 Å². The molecule has 0 aliphatic carbocycles. The maximum atomic E-state index is 13.4. The summed E-state index contributed by atoms with van der Waals surface area (Å²) in [5.74, 6) is 0.777. The third kappa shape index (κ3) is 3.11. The summed E-state index contributed by atoms with van der Waals surface area (Å²) in [5, 5.41) is 10.5. The molecule has 4 heteroatoms. The zero-order valence-electron chi connectivity index (χ0n) is 11.4. The van der Waals surface area contributed by atoms with Gasteiger partial charge < -0.3 is 9.84 Å². The summed E-state index contributed by atoms with van der Waals surface area (Å²) in [6.07, 6.45) is 0.718. The van der Waals surface area contributed by atoms with Crippen LogP contribution < -0.4 is 4.74 Å². The van der Waals surface area contributed by atoms with Gasteiger partial charge in [0.2, 0.25) is 0 Å². The van der Waals surface area contributed by atoms with Gasteiger partial charge in [0.15, 0.2) is 0 Å². The van der Waals surface area contributed by atoms with Crippen molar-refractivity contribution in [3.63, 3.8) is 0 Å². The van der Waals surface area contributed by atoms with Crippen LogP contribution in [0.3, 0.4) is 0 Å². The van der Waals surface area contributed by atoms with Crippen LogP contribution in [0, 0.1) is 5.82 Å². The second kappa shape index (κ2) is 6.16. The van der Waals surface area contributed by atoms with E-state index in [-0.39, 0.29) is 11.7 Å². The topological polar surface area (TPSA) is 29.5 Å². The molecule has 0 saturated heterocycles. The molecule has 21 heavy (non-hydrogen) atoms. The van der Waals surface area contributed by atoms with E-state index in [1.54, 1.807) is 6.07 Å². The molecule has 1 N–H and O–H groups in total. The fourth-order valence-corrected chi connectivity index (χ4v) is 3.34. The number of aliphatic hydroxyl groups is 1. The third-order valence-electron chi connectivity index (χ3n) is 3.91. The number of fused-ring (bicyclic) bond motifs is 1. The minimum Gasteiger partial charge on any atom is -0.493 e. The maximum absolute atomic E-state index is 13.4. The summed E-state index contributed by atoms with van der Waals surface area (Å²) >= 11 is 3.38. The summed E-state index contributed by atoms with van der Waals surface area (Å²) in [4.78, 5) is 0. The van der Waals surface area contributed by atoms with Crippen LogP contribution in [0.5, 0.6) is 5.75 Å². The monoisotopic (exact) mass is 350 g/mol. The predicted molar refractivity (Wildman–Crippen MR) is 83.0 cm³/mol. The molecule has 2 unspecified atom stereocenters. The average Bonchev–Trinajstić information content (AvgIpc) is 2.50. The SMILES string of the molecule is OC(CC1CCOc2ccccc21)c1cc(F)ccc1Br. The molecule has 1 heterocycles. The Morgan fingerprint density at radius 1 is 1.29 bits per heavy atom. The van der Waals surface area contributed by atoms with E-state index in [0.717, 1.165) is 22.2 Å². The molecule has 1 aliphatic rings. The van der Waals surface area contributed by atoms with Gasteiger partial charge in [-0.05, 0) is 54.2 Å². The van der Waals surface area contributed by atoms with Crippen LogP contribution in [0.2, 0.25) is 0 Å². The van der Waals surface area contributed by atoms with Crippen molar-refractivity contribution in [1.29, 1.82) is 0 Å². The van der Waals surface area contributed by atoms with Gasteiger partial charge in [-0.1, -0.05) is 34.1 Å². The second-order valence-electron chi connectivity index (χ2n) is 5.29. The summed E-state index contributed by atoms with van der Waals surface area (Å²) < 4.78 is 19.7. The Labute approximate surface area is 131 Å². The number of rotatable bonds is 3. The smallest absolute Gasteiger partial charge is 0.123 e. The highest BCUT2D eigenvalue weighted by Crippen LogP contribution is 2.39. The number of para-hydroxylation sites is 1. The van der Waals surface area contributed by atoms with E-state index in [1.807, 2.05) is 24.3 Å². The molecule has 0 aromatic heterocycles. The molecule has 0 spiro atoms. The predicted octanol–water partition coefficient (Wildman–Crippen LogP) is 4.58. The van der Waals surface area contributed by atoms with E-state index in [2.05, 4.69) is 15.9 Å². The van der Waals surface area contributed by atoms with E-state index in [1.165, 1.54) is 12.1 Å². The number of benzene rings is 2. The summed E-state index contributed by atoms with van der Waals surface area (Å²) in [7, 11) is 0. The molecule has 2 nitrogen and oxygen atoms in total. The minimum atomic E-state index is -0.703. The molecule has 3 rings (SSSR count). The maximum Gasteiger partial charge on any atom is 0.123 e. The molecule has 2 atom stereocenters. The first-order valence-corrected chi connectivity index (χ1v) is 7.79. The van der Waals surface area contributed by atoms with Crippen molar-refractivity contribution in [3.8, 4) is 5.75 Å². The van der Waals surface area contributed by atoms with E-state index in [9.17, 15) is 9.50 Å². The van der Waals surface area contributed by atoms with Crippen molar-refractivity contribution < 1.29 is 14.2 Å². The molecule has 0 bridgehead atoms. The molecular weight excluding hydrogens is 335 g/mol. The number of hydrogen-bond acceptors (Lipinski definition) is 2. The first-order valence-electron chi connectivity index (χ1n) is 7.00. The van der Waals surface area contributed by atoms with Crippen LogP contribution in [-0.4, -0.2) is 11.7 Å². The van der Waals surface area contributed by atoms with Gasteiger partial charge in [-0.15, -0.1) is 0 Å². The van der Waals surface area contributed by atoms with E-state index >= 15 is 0 Å². The van der Waals surface area contributed by atoms with Gasteiger partial charge in [0, 0.05) is 4.47 Å². The summed E-state index contributed by atoms with van der Waals surface area (Å²) in [5.41, 5.74) is 1.72. The van der Waals surface area contributed by atoms with Crippen LogP contribution in [0.4, 0.5) is 4.39 Å². The van der Waals surface area contributed by atoms with Crippen molar-refractivity contribution in [3.05, 3.63) is 63.9 Å².